The second-order valence-corrected chi connectivity index (χ2v) is 11.5. The van der Waals surface area contributed by atoms with Gasteiger partial charge >= 0.3 is 0 Å². The number of likely N-dealkylation sites (tertiary alicyclic amines) is 1. The highest BCUT2D eigenvalue weighted by Crippen LogP contribution is 2.43. The van der Waals surface area contributed by atoms with E-state index in [-0.39, 0.29) is 36.1 Å². The van der Waals surface area contributed by atoms with E-state index in [1.807, 2.05) is 18.2 Å². The molecule has 2 aromatic rings. The van der Waals surface area contributed by atoms with Gasteiger partial charge in [-0.3, -0.25) is 24.0 Å². The minimum absolute atomic E-state index is 0.0142. The van der Waals surface area contributed by atoms with E-state index >= 15 is 0 Å². The van der Waals surface area contributed by atoms with Crippen LogP contribution in [-0.2, 0) is 19.2 Å². The van der Waals surface area contributed by atoms with Crippen LogP contribution in [0.1, 0.15) is 55.4 Å². The van der Waals surface area contributed by atoms with E-state index in [1.54, 1.807) is 18.1 Å². The first-order chi connectivity index (χ1) is 19.3. The SMILES string of the molecule is COc1cccc2[nH]c(C(=O)N3CC4CCCC4C3C(=O)NC(CC3CCNC3=O)C(=O)C(=O)NC3CC3)cc12. The monoisotopic (exact) mass is 549 g/mol. The Hall–Kier alpha value is -3.89. The van der Waals surface area contributed by atoms with Crippen LogP contribution in [0.25, 0.3) is 10.9 Å². The van der Waals surface area contributed by atoms with E-state index < -0.39 is 35.6 Å². The summed E-state index contributed by atoms with van der Waals surface area (Å²) in [5, 5.41) is 9.05. The maximum atomic E-state index is 13.9. The number of methoxy groups -OCH3 is 1. The van der Waals surface area contributed by atoms with Crippen molar-refractivity contribution in [3.8, 4) is 5.75 Å². The van der Waals surface area contributed by atoms with Crippen LogP contribution in [0.15, 0.2) is 24.3 Å². The highest BCUT2D eigenvalue weighted by molar-refractivity contribution is 6.38. The van der Waals surface area contributed by atoms with E-state index in [4.69, 9.17) is 4.74 Å². The zero-order valence-corrected chi connectivity index (χ0v) is 22.5. The van der Waals surface area contributed by atoms with Crippen LogP contribution in [0.5, 0.6) is 5.75 Å². The highest BCUT2D eigenvalue weighted by atomic mass is 16.5. The summed E-state index contributed by atoms with van der Waals surface area (Å²) in [6.07, 6.45) is 4.92. The lowest BCUT2D eigenvalue weighted by molar-refractivity contribution is -0.141. The Morgan fingerprint density at radius 2 is 1.95 bits per heavy atom. The second-order valence-electron chi connectivity index (χ2n) is 11.5. The maximum absolute atomic E-state index is 13.9. The fraction of sp³-hybridized carbons (Fsp3) is 0.552. The number of carbonyl (C=O) groups is 5. The van der Waals surface area contributed by atoms with Gasteiger partial charge in [0.15, 0.2) is 0 Å². The number of Topliss-reactive ketones (excluding diaryl/α,β-unsaturated/α-hetero) is 1. The molecule has 4 N–H and O–H groups in total. The third kappa shape index (κ3) is 4.93. The van der Waals surface area contributed by atoms with Crippen molar-refractivity contribution in [2.24, 2.45) is 17.8 Å². The number of nitrogens with zero attached hydrogens (tertiary/aromatic N) is 1. The fourth-order valence-electron chi connectivity index (χ4n) is 6.71. The number of carbonyl (C=O) groups excluding carboxylic acids is 5. The third-order valence-electron chi connectivity index (χ3n) is 8.95. The number of amides is 4. The molecule has 1 aromatic heterocycles. The molecule has 3 heterocycles. The van der Waals surface area contributed by atoms with Gasteiger partial charge in [-0.05, 0) is 68.6 Å². The summed E-state index contributed by atoms with van der Waals surface area (Å²) in [7, 11) is 1.57. The van der Waals surface area contributed by atoms with Gasteiger partial charge in [0.1, 0.15) is 17.5 Å². The van der Waals surface area contributed by atoms with Gasteiger partial charge in [0.2, 0.25) is 17.6 Å². The number of rotatable bonds is 9. The third-order valence-corrected chi connectivity index (χ3v) is 8.95. The van der Waals surface area contributed by atoms with Gasteiger partial charge in [-0.25, -0.2) is 0 Å². The molecule has 2 aliphatic carbocycles. The highest BCUT2D eigenvalue weighted by Gasteiger charge is 2.50. The standard InChI is InChI=1S/C29H35N5O6/c1-40-23-7-3-6-20-19(23)13-22(32-20)29(39)34-14-16-4-2-5-18(16)24(34)27(37)33-21(12-15-10-11-30-26(15)36)25(35)28(38)31-17-8-9-17/h3,6-7,13,15-18,21,24,32H,2,4-5,8-12,14H2,1H3,(H,30,36)(H,31,38)(H,33,37). The molecule has 0 bridgehead atoms. The van der Waals surface area contributed by atoms with Crippen LogP contribution in [0.3, 0.4) is 0 Å². The van der Waals surface area contributed by atoms with Crippen molar-refractivity contribution < 1.29 is 28.7 Å². The van der Waals surface area contributed by atoms with Gasteiger partial charge in [0, 0.05) is 36.0 Å². The van der Waals surface area contributed by atoms with Crippen LogP contribution in [-0.4, -0.2) is 77.6 Å². The average Bonchev–Trinajstić information content (AvgIpc) is 3.30. The number of benzene rings is 1. The summed E-state index contributed by atoms with van der Waals surface area (Å²) < 4.78 is 5.44. The minimum atomic E-state index is -1.14. The summed E-state index contributed by atoms with van der Waals surface area (Å²) in [6.45, 7) is 0.941. The van der Waals surface area contributed by atoms with Crippen molar-refractivity contribution in [2.75, 3.05) is 20.2 Å². The van der Waals surface area contributed by atoms with Crippen LogP contribution in [0, 0.1) is 17.8 Å². The fourth-order valence-corrected chi connectivity index (χ4v) is 6.71. The first-order valence-corrected chi connectivity index (χ1v) is 14.2. The number of ketones is 1. The van der Waals surface area contributed by atoms with Gasteiger partial charge in [0.25, 0.3) is 11.8 Å². The van der Waals surface area contributed by atoms with Crippen molar-refractivity contribution >= 4 is 40.3 Å². The van der Waals surface area contributed by atoms with E-state index in [2.05, 4.69) is 20.9 Å². The van der Waals surface area contributed by atoms with Crippen molar-refractivity contribution in [2.45, 2.75) is 63.1 Å². The predicted octanol–water partition coefficient (Wildman–Crippen LogP) is 1.28. The van der Waals surface area contributed by atoms with Crippen LogP contribution < -0.4 is 20.7 Å². The smallest absolute Gasteiger partial charge is 0.289 e. The van der Waals surface area contributed by atoms with E-state index in [9.17, 15) is 24.0 Å². The van der Waals surface area contributed by atoms with E-state index in [0.717, 1.165) is 43.0 Å². The molecule has 2 saturated carbocycles. The predicted molar refractivity (Wildman–Crippen MR) is 144 cm³/mol. The molecule has 0 spiro atoms. The molecule has 11 nitrogen and oxygen atoms in total. The Kier molecular flexibility index (Phi) is 6.97. The first kappa shape index (κ1) is 26.3. The van der Waals surface area contributed by atoms with Crippen molar-refractivity contribution in [3.63, 3.8) is 0 Å². The first-order valence-electron chi connectivity index (χ1n) is 14.2. The van der Waals surface area contributed by atoms with Crippen molar-refractivity contribution in [3.05, 3.63) is 30.0 Å². The Labute approximate surface area is 231 Å². The molecular weight excluding hydrogens is 514 g/mol. The minimum Gasteiger partial charge on any atom is -0.496 e. The Bertz CT molecular complexity index is 1370. The number of hydrogen-bond acceptors (Lipinski definition) is 6. The lowest BCUT2D eigenvalue weighted by Crippen LogP contribution is -2.55. The van der Waals surface area contributed by atoms with Gasteiger partial charge in [0.05, 0.1) is 13.2 Å². The maximum Gasteiger partial charge on any atom is 0.289 e. The molecule has 212 valence electrons. The molecule has 4 amide bonds. The second kappa shape index (κ2) is 10.6. The zero-order valence-electron chi connectivity index (χ0n) is 22.5. The molecular formula is C29H35N5O6. The van der Waals surface area contributed by atoms with E-state index in [1.165, 1.54) is 0 Å². The molecule has 0 radical (unpaired) electrons. The van der Waals surface area contributed by atoms with Crippen molar-refractivity contribution in [1.82, 2.24) is 25.8 Å². The van der Waals surface area contributed by atoms with Crippen LogP contribution in [0.4, 0.5) is 0 Å². The Morgan fingerprint density at radius 3 is 2.67 bits per heavy atom. The van der Waals surface area contributed by atoms with Crippen LogP contribution in [0.2, 0.25) is 0 Å². The van der Waals surface area contributed by atoms with Gasteiger partial charge in [-0.2, -0.15) is 0 Å². The van der Waals surface area contributed by atoms with Gasteiger partial charge in [-0.1, -0.05) is 12.5 Å². The summed E-state index contributed by atoms with van der Waals surface area (Å²) >= 11 is 0. The number of fused-ring (bicyclic) bond motifs is 2. The summed E-state index contributed by atoms with van der Waals surface area (Å²) in [5.41, 5.74) is 1.11. The molecule has 4 fully saturated rings. The number of aromatic nitrogens is 1. The molecule has 5 atom stereocenters. The summed E-state index contributed by atoms with van der Waals surface area (Å²) in [6, 6.07) is 5.33. The normalized spacial score (nSPS) is 26.3. The molecule has 2 saturated heterocycles. The quantitative estimate of drug-likeness (QED) is 0.346. The molecule has 1 aromatic carbocycles. The zero-order chi connectivity index (χ0) is 28.0. The molecule has 11 heteroatoms. The lowest BCUT2D eigenvalue weighted by Gasteiger charge is -2.29. The Morgan fingerprint density at radius 1 is 1.12 bits per heavy atom. The molecule has 2 aliphatic heterocycles. The number of hydrogen-bond donors (Lipinski definition) is 4. The lowest BCUT2D eigenvalue weighted by atomic mass is 9.91. The molecule has 5 unspecified atom stereocenters. The molecule has 40 heavy (non-hydrogen) atoms. The van der Waals surface area contributed by atoms with Crippen LogP contribution >= 0.6 is 0 Å². The average molecular weight is 550 g/mol. The van der Waals surface area contributed by atoms with E-state index in [0.29, 0.717) is 31.0 Å². The number of H-pyrrole nitrogens is 1. The number of ether oxygens (including phenoxy) is 1. The van der Waals surface area contributed by atoms with Gasteiger partial charge < -0.3 is 30.6 Å². The molecule has 4 aliphatic rings. The van der Waals surface area contributed by atoms with Crippen molar-refractivity contribution in [1.29, 1.82) is 0 Å². The van der Waals surface area contributed by atoms with Gasteiger partial charge in [-0.15, -0.1) is 0 Å². The number of nitrogens with one attached hydrogen (secondary N) is 4. The molecule has 6 rings (SSSR count). The Balaban J connectivity index is 1.25. The summed E-state index contributed by atoms with van der Waals surface area (Å²) in [5.74, 6) is -2.09. The topological polar surface area (TPSA) is 150 Å². The largest absolute Gasteiger partial charge is 0.496 e. The number of aromatic amines is 1. The summed E-state index contributed by atoms with van der Waals surface area (Å²) in [4.78, 5) is 70.7.